The van der Waals surface area contributed by atoms with Crippen LogP contribution in [-0.2, 0) is 22.7 Å². The van der Waals surface area contributed by atoms with E-state index in [0.717, 1.165) is 0 Å². The largest absolute Gasteiger partial charge is 0.573 e. The van der Waals surface area contributed by atoms with Crippen molar-refractivity contribution in [2.45, 2.75) is 45.3 Å². The Bertz CT molecular complexity index is 1310. The summed E-state index contributed by atoms with van der Waals surface area (Å²) in [6.07, 6.45) is -3.81. The number of rotatable bonds is 10. The van der Waals surface area contributed by atoms with Crippen LogP contribution in [-0.4, -0.2) is 47.8 Å². The molecule has 39 heavy (non-hydrogen) atoms. The van der Waals surface area contributed by atoms with Crippen molar-refractivity contribution in [2.24, 2.45) is 0 Å². The van der Waals surface area contributed by atoms with E-state index >= 15 is 0 Å². The Kier molecular flexibility index (Phi) is 8.59. The van der Waals surface area contributed by atoms with E-state index in [1.54, 1.807) is 31.2 Å². The molecule has 0 saturated carbocycles. The summed E-state index contributed by atoms with van der Waals surface area (Å²) >= 11 is 0. The molecule has 1 saturated heterocycles. The van der Waals surface area contributed by atoms with Gasteiger partial charge >= 0.3 is 12.4 Å². The van der Waals surface area contributed by atoms with Crippen LogP contribution in [0, 0.1) is 6.92 Å². The number of nitrogens with one attached hydrogen (secondary N) is 3. The summed E-state index contributed by atoms with van der Waals surface area (Å²) in [7, 11) is 1.46. The van der Waals surface area contributed by atoms with Crippen LogP contribution in [0.3, 0.4) is 0 Å². The first-order valence-corrected chi connectivity index (χ1v) is 12.1. The molecule has 4 rings (SSSR count). The first-order chi connectivity index (χ1) is 18.6. The van der Waals surface area contributed by atoms with Gasteiger partial charge in [-0.05, 0) is 43.2 Å². The number of aromatic nitrogens is 2. The highest BCUT2D eigenvalue weighted by atomic mass is 19.4. The van der Waals surface area contributed by atoms with Crippen LogP contribution in [0.1, 0.15) is 29.5 Å². The van der Waals surface area contributed by atoms with Crippen LogP contribution >= 0.6 is 0 Å². The number of para-hydroxylation sites is 1. The predicted octanol–water partition coefficient (Wildman–Crippen LogP) is 4.20. The van der Waals surface area contributed by atoms with Crippen molar-refractivity contribution in [2.75, 3.05) is 19.0 Å². The van der Waals surface area contributed by atoms with Gasteiger partial charge < -0.3 is 24.8 Å². The van der Waals surface area contributed by atoms with Gasteiger partial charge in [-0.25, -0.2) is 9.48 Å². The molecule has 1 fully saturated rings. The zero-order chi connectivity index (χ0) is 28.0. The topological polar surface area (TPSA) is 116 Å². The number of carbonyl (C=O) groups is 2. The third-order valence-electron chi connectivity index (χ3n) is 5.92. The number of hydrogen-bond donors (Lipinski definition) is 3. The van der Waals surface area contributed by atoms with E-state index in [1.165, 1.54) is 30.0 Å². The van der Waals surface area contributed by atoms with E-state index in [0.29, 0.717) is 35.5 Å². The van der Waals surface area contributed by atoms with Crippen molar-refractivity contribution < 1.29 is 37.0 Å². The monoisotopic (exact) mass is 547 g/mol. The maximum Gasteiger partial charge on any atom is 0.573 e. The molecule has 2 heterocycles. The van der Waals surface area contributed by atoms with Crippen molar-refractivity contribution in [1.29, 1.82) is 0 Å². The average molecular weight is 548 g/mol. The molecule has 0 aliphatic carbocycles. The SMILES string of the molecule is COCc1ccc(OC(F)(F)F)c(CNC(=O)Nc2c(C)c(OCC3CCC(=O)N3)nn2-c2ccccc2)c1. The molecule has 0 bridgehead atoms. The number of urea groups is 1. The van der Waals surface area contributed by atoms with Crippen LogP contribution in [0.25, 0.3) is 5.69 Å². The highest BCUT2D eigenvalue weighted by Crippen LogP contribution is 2.30. The third kappa shape index (κ3) is 7.41. The van der Waals surface area contributed by atoms with Crippen molar-refractivity contribution >= 4 is 17.8 Å². The Balaban J connectivity index is 1.51. The number of benzene rings is 2. The summed E-state index contributed by atoms with van der Waals surface area (Å²) in [5.74, 6) is 0.112. The van der Waals surface area contributed by atoms with Gasteiger partial charge in [-0.2, -0.15) is 0 Å². The molecule has 1 unspecified atom stereocenters. The highest BCUT2D eigenvalue weighted by molar-refractivity contribution is 5.89. The lowest BCUT2D eigenvalue weighted by molar-refractivity contribution is -0.274. The first-order valence-electron chi connectivity index (χ1n) is 12.1. The lowest BCUT2D eigenvalue weighted by Crippen LogP contribution is -2.31. The van der Waals surface area contributed by atoms with E-state index in [9.17, 15) is 22.8 Å². The summed E-state index contributed by atoms with van der Waals surface area (Å²) in [4.78, 5) is 24.4. The summed E-state index contributed by atoms with van der Waals surface area (Å²) in [5, 5.41) is 12.6. The fourth-order valence-electron chi connectivity index (χ4n) is 4.08. The Morgan fingerprint density at radius 2 is 1.97 bits per heavy atom. The second-order valence-corrected chi connectivity index (χ2v) is 8.87. The smallest absolute Gasteiger partial charge is 0.474 e. The fourth-order valence-corrected chi connectivity index (χ4v) is 4.08. The van der Waals surface area contributed by atoms with Gasteiger partial charge in [0, 0.05) is 25.6 Å². The zero-order valence-corrected chi connectivity index (χ0v) is 21.3. The lowest BCUT2D eigenvalue weighted by atomic mass is 10.1. The Morgan fingerprint density at radius 3 is 2.64 bits per heavy atom. The summed E-state index contributed by atoms with van der Waals surface area (Å²) < 4.78 is 55.2. The minimum atomic E-state index is -4.89. The van der Waals surface area contributed by atoms with E-state index in [-0.39, 0.29) is 43.2 Å². The number of methoxy groups -OCH3 is 1. The number of carbonyl (C=O) groups excluding carboxylic acids is 2. The molecule has 3 amide bonds. The van der Waals surface area contributed by atoms with E-state index in [2.05, 4.69) is 25.8 Å². The fraction of sp³-hybridized carbons (Fsp3) is 0.346. The second-order valence-electron chi connectivity index (χ2n) is 8.87. The van der Waals surface area contributed by atoms with E-state index in [4.69, 9.17) is 9.47 Å². The van der Waals surface area contributed by atoms with Gasteiger partial charge in [0.15, 0.2) is 0 Å². The number of alkyl halides is 3. The van der Waals surface area contributed by atoms with Gasteiger partial charge in [0.05, 0.1) is 23.9 Å². The quantitative estimate of drug-likeness (QED) is 0.350. The normalized spacial score (nSPS) is 15.1. The molecule has 1 aromatic heterocycles. The summed E-state index contributed by atoms with van der Waals surface area (Å²) in [6.45, 7) is 1.85. The maximum absolute atomic E-state index is 12.9. The molecule has 13 heteroatoms. The van der Waals surface area contributed by atoms with Gasteiger partial charge in [-0.3, -0.25) is 10.1 Å². The van der Waals surface area contributed by atoms with E-state index in [1.807, 2.05) is 6.07 Å². The standard InChI is InChI=1S/C26H28F3N5O5/c1-16-23(32-25(36)30-13-18-12-17(14-37-2)8-10-21(18)39-26(27,28)29)34(20-6-4-3-5-7-20)33-24(16)38-15-19-9-11-22(35)31-19/h3-8,10,12,19H,9,11,13-15H2,1-2H3,(H,31,35)(H2,30,32,36). The van der Waals surface area contributed by atoms with Gasteiger partial charge in [0.25, 0.3) is 0 Å². The molecule has 1 atom stereocenters. The molecule has 10 nitrogen and oxygen atoms in total. The minimum Gasteiger partial charge on any atom is -0.474 e. The van der Waals surface area contributed by atoms with Gasteiger partial charge in [-0.1, -0.05) is 24.3 Å². The minimum absolute atomic E-state index is 0.0364. The summed E-state index contributed by atoms with van der Waals surface area (Å²) in [5.41, 5.74) is 1.91. The zero-order valence-electron chi connectivity index (χ0n) is 21.3. The van der Waals surface area contributed by atoms with Crippen molar-refractivity contribution in [3.63, 3.8) is 0 Å². The van der Waals surface area contributed by atoms with Gasteiger partial charge in [-0.15, -0.1) is 18.3 Å². The Morgan fingerprint density at radius 1 is 1.21 bits per heavy atom. The molecule has 0 spiro atoms. The van der Waals surface area contributed by atoms with E-state index < -0.39 is 18.1 Å². The third-order valence-corrected chi connectivity index (χ3v) is 5.92. The second kappa shape index (κ2) is 12.1. The number of anilines is 1. The van der Waals surface area contributed by atoms with Crippen LogP contribution < -0.4 is 25.4 Å². The van der Waals surface area contributed by atoms with Gasteiger partial charge in [0.1, 0.15) is 18.2 Å². The van der Waals surface area contributed by atoms with Crippen LogP contribution in [0.5, 0.6) is 11.6 Å². The molecular weight excluding hydrogens is 519 g/mol. The summed E-state index contributed by atoms with van der Waals surface area (Å²) in [6, 6.07) is 12.3. The average Bonchev–Trinajstić information content (AvgIpc) is 3.45. The molecule has 208 valence electrons. The first kappa shape index (κ1) is 27.8. The number of hydrogen-bond acceptors (Lipinski definition) is 6. The van der Waals surface area contributed by atoms with Crippen molar-refractivity contribution in [1.82, 2.24) is 20.4 Å². The molecule has 3 N–H and O–H groups in total. The molecular formula is C26H28F3N5O5. The Labute approximate surface area is 222 Å². The molecule has 1 aliphatic rings. The predicted molar refractivity (Wildman–Crippen MR) is 135 cm³/mol. The maximum atomic E-state index is 12.9. The number of halogens is 3. The lowest BCUT2D eigenvalue weighted by Gasteiger charge is -2.16. The number of amides is 3. The van der Waals surface area contributed by atoms with Crippen LogP contribution in [0.2, 0.25) is 0 Å². The van der Waals surface area contributed by atoms with Crippen molar-refractivity contribution in [3.8, 4) is 17.3 Å². The van der Waals surface area contributed by atoms with Crippen LogP contribution in [0.4, 0.5) is 23.8 Å². The highest BCUT2D eigenvalue weighted by Gasteiger charge is 2.32. The van der Waals surface area contributed by atoms with Crippen molar-refractivity contribution in [3.05, 3.63) is 65.2 Å². The molecule has 1 aliphatic heterocycles. The van der Waals surface area contributed by atoms with Gasteiger partial charge in [0.2, 0.25) is 11.8 Å². The number of nitrogens with zero attached hydrogens (tertiary/aromatic N) is 2. The Hall–Kier alpha value is -4.26. The number of ether oxygens (including phenoxy) is 3. The molecule has 3 aromatic rings. The van der Waals surface area contributed by atoms with Crippen LogP contribution in [0.15, 0.2) is 48.5 Å². The molecule has 0 radical (unpaired) electrons. The molecule has 2 aromatic carbocycles.